The first-order valence-corrected chi connectivity index (χ1v) is 4.45. The molecule has 0 aromatic rings. The van der Waals surface area contributed by atoms with Crippen LogP contribution in [0.25, 0.3) is 0 Å². The molecule has 14 heavy (non-hydrogen) atoms. The molecule has 0 aliphatic carbocycles. The summed E-state index contributed by atoms with van der Waals surface area (Å²) < 4.78 is 4.87. The number of carbonyl (C=O) groups is 3. The topological polar surface area (TPSA) is 72.5 Å². The van der Waals surface area contributed by atoms with E-state index in [4.69, 9.17) is 4.74 Å². The van der Waals surface area contributed by atoms with E-state index in [1.807, 2.05) is 0 Å². The Morgan fingerprint density at radius 3 is 2.36 bits per heavy atom. The number of imide groups is 1. The molecular formula is C9H13NO4. The fourth-order valence-electron chi connectivity index (χ4n) is 1.66. The van der Waals surface area contributed by atoms with E-state index in [0.29, 0.717) is 0 Å². The van der Waals surface area contributed by atoms with E-state index in [0.717, 1.165) is 0 Å². The Labute approximate surface area is 81.8 Å². The van der Waals surface area contributed by atoms with Crippen molar-refractivity contribution in [2.45, 2.75) is 26.9 Å². The first-order chi connectivity index (χ1) is 6.43. The zero-order valence-electron chi connectivity index (χ0n) is 8.37. The van der Waals surface area contributed by atoms with Crippen molar-refractivity contribution in [1.82, 2.24) is 5.32 Å². The molecule has 0 spiro atoms. The lowest BCUT2D eigenvalue weighted by Gasteiger charge is -2.18. The van der Waals surface area contributed by atoms with Gasteiger partial charge >= 0.3 is 5.97 Å². The maximum absolute atomic E-state index is 11.3. The Bertz CT molecular complexity index is 287. The van der Waals surface area contributed by atoms with Gasteiger partial charge in [-0.3, -0.25) is 19.7 Å². The normalized spacial score (nSPS) is 28.5. The van der Waals surface area contributed by atoms with E-state index in [9.17, 15) is 14.4 Å². The van der Waals surface area contributed by atoms with Crippen molar-refractivity contribution in [2.75, 3.05) is 0 Å². The number of nitrogens with one attached hydrogen (secondary N) is 1. The SMILES string of the molecule is CC(=O)OC(C)C1C(=O)NC(=O)C1C. The van der Waals surface area contributed by atoms with Crippen molar-refractivity contribution in [3.8, 4) is 0 Å². The first-order valence-electron chi connectivity index (χ1n) is 4.45. The predicted octanol–water partition coefficient (Wildman–Crippen LogP) is -0.153. The molecule has 0 bridgehead atoms. The summed E-state index contributed by atoms with van der Waals surface area (Å²) in [5, 5.41) is 2.20. The molecule has 1 heterocycles. The summed E-state index contributed by atoms with van der Waals surface area (Å²) in [7, 11) is 0. The van der Waals surface area contributed by atoms with Gasteiger partial charge in [0.05, 0.1) is 11.8 Å². The highest BCUT2D eigenvalue weighted by Gasteiger charge is 2.42. The standard InChI is InChI=1S/C9H13NO4/c1-4-7(5(2)14-6(3)11)9(13)10-8(4)12/h4-5,7H,1-3H3,(H,10,12,13). The van der Waals surface area contributed by atoms with Gasteiger partial charge in [0.25, 0.3) is 0 Å². The highest BCUT2D eigenvalue weighted by molar-refractivity contribution is 6.05. The molecule has 2 amide bonds. The molecule has 1 rings (SSSR count). The van der Waals surface area contributed by atoms with Gasteiger partial charge in [-0.15, -0.1) is 0 Å². The third kappa shape index (κ3) is 1.92. The van der Waals surface area contributed by atoms with Gasteiger partial charge < -0.3 is 4.74 Å². The average molecular weight is 199 g/mol. The van der Waals surface area contributed by atoms with Gasteiger partial charge in [0.1, 0.15) is 6.10 Å². The molecule has 5 heteroatoms. The molecular weight excluding hydrogens is 186 g/mol. The first kappa shape index (κ1) is 10.7. The molecule has 78 valence electrons. The van der Waals surface area contributed by atoms with Crippen LogP contribution in [0.3, 0.4) is 0 Å². The zero-order chi connectivity index (χ0) is 10.9. The van der Waals surface area contributed by atoms with Crippen molar-refractivity contribution in [1.29, 1.82) is 0 Å². The van der Waals surface area contributed by atoms with Gasteiger partial charge in [0.15, 0.2) is 0 Å². The Morgan fingerprint density at radius 1 is 1.43 bits per heavy atom. The number of esters is 1. The van der Waals surface area contributed by atoms with Crippen LogP contribution >= 0.6 is 0 Å². The van der Waals surface area contributed by atoms with E-state index in [1.54, 1.807) is 13.8 Å². The Balaban J connectivity index is 2.71. The number of hydrogen-bond donors (Lipinski definition) is 1. The molecule has 1 N–H and O–H groups in total. The Hall–Kier alpha value is -1.39. The van der Waals surface area contributed by atoms with E-state index in [2.05, 4.69) is 5.32 Å². The summed E-state index contributed by atoms with van der Waals surface area (Å²) in [5.41, 5.74) is 0. The predicted molar refractivity (Wildman–Crippen MR) is 47.0 cm³/mol. The van der Waals surface area contributed by atoms with Gasteiger partial charge in [-0.1, -0.05) is 6.92 Å². The minimum Gasteiger partial charge on any atom is -0.462 e. The highest BCUT2D eigenvalue weighted by Crippen LogP contribution is 2.23. The van der Waals surface area contributed by atoms with Gasteiger partial charge in [0.2, 0.25) is 11.8 Å². The number of amides is 2. The van der Waals surface area contributed by atoms with Crippen LogP contribution in [0.2, 0.25) is 0 Å². The quantitative estimate of drug-likeness (QED) is 0.495. The van der Waals surface area contributed by atoms with Crippen LogP contribution in [0.15, 0.2) is 0 Å². The lowest BCUT2D eigenvalue weighted by molar-refractivity contribution is -0.150. The lowest BCUT2D eigenvalue weighted by Crippen LogP contribution is -2.32. The molecule has 0 saturated carbocycles. The number of carbonyl (C=O) groups excluding carboxylic acids is 3. The molecule has 3 atom stereocenters. The van der Waals surface area contributed by atoms with Crippen molar-refractivity contribution in [3.05, 3.63) is 0 Å². The van der Waals surface area contributed by atoms with Gasteiger partial charge in [-0.2, -0.15) is 0 Å². The summed E-state index contributed by atoms with van der Waals surface area (Å²) >= 11 is 0. The minimum atomic E-state index is -0.564. The third-order valence-electron chi connectivity index (χ3n) is 2.36. The van der Waals surface area contributed by atoms with Gasteiger partial charge in [0, 0.05) is 6.92 Å². The highest BCUT2D eigenvalue weighted by atomic mass is 16.5. The van der Waals surface area contributed by atoms with Crippen molar-refractivity contribution < 1.29 is 19.1 Å². The molecule has 1 fully saturated rings. The van der Waals surface area contributed by atoms with E-state index >= 15 is 0 Å². The van der Waals surface area contributed by atoms with E-state index in [1.165, 1.54) is 6.92 Å². The van der Waals surface area contributed by atoms with E-state index in [-0.39, 0.29) is 11.8 Å². The fraction of sp³-hybridized carbons (Fsp3) is 0.667. The van der Waals surface area contributed by atoms with Crippen LogP contribution in [-0.2, 0) is 19.1 Å². The third-order valence-corrected chi connectivity index (χ3v) is 2.36. The zero-order valence-corrected chi connectivity index (χ0v) is 8.37. The Kier molecular flexibility index (Phi) is 2.88. The summed E-state index contributed by atoms with van der Waals surface area (Å²) in [4.78, 5) is 33.1. The maximum Gasteiger partial charge on any atom is 0.302 e. The van der Waals surface area contributed by atoms with Crippen molar-refractivity contribution in [2.24, 2.45) is 11.8 Å². The molecule has 1 saturated heterocycles. The minimum absolute atomic E-state index is 0.306. The second-order valence-corrected chi connectivity index (χ2v) is 3.48. The molecule has 0 aromatic carbocycles. The van der Waals surface area contributed by atoms with Crippen LogP contribution in [0, 0.1) is 11.8 Å². The summed E-state index contributed by atoms with van der Waals surface area (Å²) in [6.45, 7) is 4.53. The van der Waals surface area contributed by atoms with Crippen LogP contribution < -0.4 is 5.32 Å². The largest absolute Gasteiger partial charge is 0.462 e. The van der Waals surface area contributed by atoms with Crippen molar-refractivity contribution >= 4 is 17.8 Å². The monoisotopic (exact) mass is 199 g/mol. The average Bonchev–Trinajstić information content (AvgIpc) is 2.25. The van der Waals surface area contributed by atoms with Crippen LogP contribution in [-0.4, -0.2) is 23.9 Å². The lowest BCUT2D eigenvalue weighted by atomic mass is 9.92. The van der Waals surface area contributed by atoms with Crippen molar-refractivity contribution in [3.63, 3.8) is 0 Å². The summed E-state index contributed by atoms with van der Waals surface area (Å²) in [5.74, 6) is -2.12. The number of hydrogen-bond acceptors (Lipinski definition) is 4. The van der Waals surface area contributed by atoms with E-state index < -0.39 is 23.9 Å². The molecule has 3 unspecified atom stereocenters. The summed E-state index contributed by atoms with van der Waals surface area (Å²) in [6, 6.07) is 0. The molecule has 5 nitrogen and oxygen atoms in total. The number of ether oxygens (including phenoxy) is 1. The van der Waals surface area contributed by atoms with Crippen LogP contribution in [0.4, 0.5) is 0 Å². The van der Waals surface area contributed by atoms with Gasteiger partial charge in [-0.25, -0.2) is 0 Å². The van der Waals surface area contributed by atoms with Crippen LogP contribution in [0.1, 0.15) is 20.8 Å². The molecule has 0 aromatic heterocycles. The number of rotatable bonds is 2. The van der Waals surface area contributed by atoms with Crippen LogP contribution in [0.5, 0.6) is 0 Å². The Morgan fingerprint density at radius 2 is 2.00 bits per heavy atom. The second kappa shape index (κ2) is 3.77. The molecule has 0 radical (unpaired) electrons. The smallest absolute Gasteiger partial charge is 0.302 e. The van der Waals surface area contributed by atoms with Gasteiger partial charge in [-0.05, 0) is 6.92 Å². The fourth-order valence-corrected chi connectivity index (χ4v) is 1.66. The summed E-state index contributed by atoms with van der Waals surface area (Å²) in [6.07, 6.45) is -0.561. The molecule has 1 aliphatic rings. The molecule has 1 aliphatic heterocycles. The second-order valence-electron chi connectivity index (χ2n) is 3.48. The maximum atomic E-state index is 11.3.